The first-order valence-electron chi connectivity index (χ1n) is 10.1. The van der Waals surface area contributed by atoms with E-state index in [1.165, 1.54) is 0 Å². The lowest BCUT2D eigenvalue weighted by Gasteiger charge is -2.39. The molecule has 5 heterocycles. The fourth-order valence-electron chi connectivity index (χ4n) is 4.05. The summed E-state index contributed by atoms with van der Waals surface area (Å²) in [4.78, 5) is 27.2. The maximum Gasteiger partial charge on any atom is 0.227 e. The number of amides is 1. The molecule has 0 aliphatic carbocycles. The molecule has 0 saturated carbocycles. The van der Waals surface area contributed by atoms with Crippen LogP contribution in [0.15, 0.2) is 66.7 Å². The molecular formula is C23H23N5OS. The van der Waals surface area contributed by atoms with Crippen molar-refractivity contribution in [2.75, 3.05) is 26.7 Å². The number of carbonyl (C=O) groups excluding carboxylic acids is 1. The SMILES string of the molecule is CN1CCN(C(=O)Cc2cccs2)CC1c1ncn2cc(-c3cccnc3)ccc12. The van der Waals surface area contributed by atoms with E-state index in [4.69, 9.17) is 4.98 Å². The van der Waals surface area contributed by atoms with Gasteiger partial charge in [0, 0.05) is 48.7 Å². The second kappa shape index (κ2) is 8.01. The molecule has 1 saturated heterocycles. The Morgan fingerprint density at radius 2 is 2.10 bits per heavy atom. The molecule has 7 heteroatoms. The highest BCUT2D eigenvalue weighted by atomic mass is 32.1. The van der Waals surface area contributed by atoms with Gasteiger partial charge < -0.3 is 9.30 Å². The molecule has 0 bridgehead atoms. The van der Waals surface area contributed by atoms with Gasteiger partial charge in [-0.2, -0.15) is 0 Å². The summed E-state index contributed by atoms with van der Waals surface area (Å²) in [7, 11) is 2.11. The Hall–Kier alpha value is -3.03. The fourth-order valence-corrected chi connectivity index (χ4v) is 4.75. The number of thiophene rings is 1. The predicted molar refractivity (Wildman–Crippen MR) is 118 cm³/mol. The Morgan fingerprint density at radius 3 is 2.90 bits per heavy atom. The van der Waals surface area contributed by atoms with Crippen LogP contribution in [0.2, 0.25) is 0 Å². The van der Waals surface area contributed by atoms with Crippen LogP contribution in [-0.4, -0.2) is 56.8 Å². The van der Waals surface area contributed by atoms with Gasteiger partial charge in [0.25, 0.3) is 0 Å². The fraction of sp³-hybridized carbons (Fsp3) is 0.261. The molecule has 5 rings (SSSR count). The number of aromatic nitrogens is 3. The summed E-state index contributed by atoms with van der Waals surface area (Å²) < 4.78 is 2.07. The maximum atomic E-state index is 12.8. The van der Waals surface area contributed by atoms with E-state index in [9.17, 15) is 4.79 Å². The molecule has 0 radical (unpaired) electrons. The molecule has 4 aromatic rings. The first-order valence-corrected chi connectivity index (χ1v) is 10.9. The molecule has 0 N–H and O–H groups in total. The average molecular weight is 418 g/mol. The Labute approximate surface area is 179 Å². The number of hydrogen-bond acceptors (Lipinski definition) is 5. The minimum absolute atomic E-state index is 0.0836. The highest BCUT2D eigenvalue weighted by Crippen LogP contribution is 2.28. The van der Waals surface area contributed by atoms with Crippen molar-refractivity contribution >= 4 is 22.8 Å². The number of imidazole rings is 1. The molecular weight excluding hydrogens is 394 g/mol. The van der Waals surface area contributed by atoms with Crippen molar-refractivity contribution in [1.29, 1.82) is 0 Å². The molecule has 1 aliphatic rings. The van der Waals surface area contributed by atoms with Crippen molar-refractivity contribution in [1.82, 2.24) is 24.2 Å². The van der Waals surface area contributed by atoms with Gasteiger partial charge in [-0.15, -0.1) is 11.3 Å². The molecule has 6 nitrogen and oxygen atoms in total. The molecule has 152 valence electrons. The van der Waals surface area contributed by atoms with Crippen molar-refractivity contribution in [3.05, 3.63) is 77.3 Å². The predicted octanol–water partition coefficient (Wildman–Crippen LogP) is 3.52. The second-order valence-electron chi connectivity index (χ2n) is 7.67. The summed E-state index contributed by atoms with van der Waals surface area (Å²) in [6.45, 7) is 2.26. The molecule has 1 unspecified atom stereocenters. The van der Waals surface area contributed by atoms with Crippen molar-refractivity contribution in [2.24, 2.45) is 0 Å². The second-order valence-corrected chi connectivity index (χ2v) is 8.71. The van der Waals surface area contributed by atoms with Gasteiger partial charge in [-0.05, 0) is 36.2 Å². The summed E-state index contributed by atoms with van der Waals surface area (Å²) >= 11 is 1.64. The lowest BCUT2D eigenvalue weighted by molar-refractivity contribution is -0.133. The number of fused-ring (bicyclic) bond motifs is 1. The molecule has 4 aromatic heterocycles. The van der Waals surface area contributed by atoms with E-state index in [0.717, 1.165) is 40.3 Å². The highest BCUT2D eigenvalue weighted by Gasteiger charge is 2.31. The Morgan fingerprint density at radius 1 is 1.17 bits per heavy atom. The van der Waals surface area contributed by atoms with Crippen LogP contribution >= 0.6 is 11.3 Å². The minimum Gasteiger partial charge on any atom is -0.339 e. The lowest BCUT2D eigenvalue weighted by atomic mass is 10.1. The molecule has 0 spiro atoms. The summed E-state index contributed by atoms with van der Waals surface area (Å²) in [5.41, 5.74) is 4.27. The summed E-state index contributed by atoms with van der Waals surface area (Å²) in [5, 5.41) is 2.02. The van der Waals surface area contributed by atoms with Crippen molar-refractivity contribution in [2.45, 2.75) is 12.5 Å². The van der Waals surface area contributed by atoms with E-state index in [1.54, 1.807) is 17.5 Å². The number of nitrogens with zero attached hydrogens (tertiary/aromatic N) is 5. The number of piperazine rings is 1. The van der Waals surface area contributed by atoms with Gasteiger partial charge in [0.05, 0.1) is 30.0 Å². The summed E-state index contributed by atoms with van der Waals surface area (Å²) in [6.07, 6.45) is 8.08. The summed E-state index contributed by atoms with van der Waals surface area (Å²) in [5.74, 6) is 0.193. The van der Waals surface area contributed by atoms with Crippen LogP contribution in [0.5, 0.6) is 0 Å². The van der Waals surface area contributed by atoms with Crippen molar-refractivity contribution < 1.29 is 4.79 Å². The van der Waals surface area contributed by atoms with E-state index in [-0.39, 0.29) is 11.9 Å². The third kappa shape index (κ3) is 3.62. The number of hydrogen-bond donors (Lipinski definition) is 0. The molecule has 1 fully saturated rings. The van der Waals surface area contributed by atoms with E-state index in [1.807, 2.05) is 41.0 Å². The van der Waals surface area contributed by atoms with Gasteiger partial charge in [0.2, 0.25) is 5.91 Å². The monoisotopic (exact) mass is 417 g/mol. The van der Waals surface area contributed by atoms with Crippen LogP contribution in [0.3, 0.4) is 0 Å². The lowest BCUT2D eigenvalue weighted by Crippen LogP contribution is -2.49. The van der Waals surface area contributed by atoms with Crippen LogP contribution < -0.4 is 0 Å². The summed E-state index contributed by atoms with van der Waals surface area (Å²) in [6, 6.07) is 12.3. The van der Waals surface area contributed by atoms with Crippen molar-refractivity contribution in [3.8, 4) is 11.1 Å². The minimum atomic E-state index is 0.0836. The van der Waals surface area contributed by atoms with Gasteiger partial charge in [-0.25, -0.2) is 4.98 Å². The van der Waals surface area contributed by atoms with E-state index < -0.39 is 0 Å². The zero-order chi connectivity index (χ0) is 20.5. The number of rotatable bonds is 4. The number of pyridine rings is 2. The van der Waals surface area contributed by atoms with Crippen LogP contribution in [0, 0.1) is 0 Å². The van der Waals surface area contributed by atoms with Crippen molar-refractivity contribution in [3.63, 3.8) is 0 Å². The Kier molecular flexibility index (Phi) is 5.06. The third-order valence-electron chi connectivity index (χ3n) is 5.78. The normalized spacial score (nSPS) is 17.5. The van der Waals surface area contributed by atoms with Crippen LogP contribution in [-0.2, 0) is 11.2 Å². The first kappa shape index (κ1) is 19.0. The number of carbonyl (C=O) groups is 1. The maximum absolute atomic E-state index is 12.8. The largest absolute Gasteiger partial charge is 0.339 e. The van der Waals surface area contributed by atoms with Gasteiger partial charge >= 0.3 is 0 Å². The Bertz CT molecular complexity index is 1160. The third-order valence-corrected chi connectivity index (χ3v) is 6.65. The smallest absolute Gasteiger partial charge is 0.227 e. The Balaban J connectivity index is 1.40. The van der Waals surface area contributed by atoms with Crippen LogP contribution in [0.1, 0.15) is 16.6 Å². The van der Waals surface area contributed by atoms with Crippen LogP contribution in [0.4, 0.5) is 0 Å². The first-order chi connectivity index (χ1) is 14.7. The van der Waals surface area contributed by atoms with E-state index in [2.05, 4.69) is 45.7 Å². The van der Waals surface area contributed by atoms with Gasteiger partial charge in [-0.1, -0.05) is 18.2 Å². The topological polar surface area (TPSA) is 53.7 Å². The molecule has 0 aromatic carbocycles. The number of likely N-dealkylation sites (N-methyl/N-ethyl adjacent to an activating group) is 1. The zero-order valence-corrected chi connectivity index (χ0v) is 17.6. The zero-order valence-electron chi connectivity index (χ0n) is 16.8. The highest BCUT2D eigenvalue weighted by molar-refractivity contribution is 7.10. The van der Waals surface area contributed by atoms with Crippen LogP contribution in [0.25, 0.3) is 16.6 Å². The standard InChI is InChI=1S/C23H23N5OS/c1-26-9-10-27(22(29)12-19-5-3-11-30-19)15-21(26)23-20-7-6-18(14-28(20)16-25-23)17-4-2-8-24-13-17/h2-8,11,13-14,16,21H,9-10,12,15H2,1H3. The van der Waals surface area contributed by atoms with E-state index in [0.29, 0.717) is 13.0 Å². The van der Waals surface area contributed by atoms with Gasteiger partial charge in [-0.3, -0.25) is 14.7 Å². The molecule has 1 aliphatic heterocycles. The molecule has 1 amide bonds. The van der Waals surface area contributed by atoms with Gasteiger partial charge in [0.1, 0.15) is 0 Å². The van der Waals surface area contributed by atoms with E-state index >= 15 is 0 Å². The average Bonchev–Trinajstić information content (AvgIpc) is 3.44. The molecule has 30 heavy (non-hydrogen) atoms. The molecule has 1 atom stereocenters. The van der Waals surface area contributed by atoms with Gasteiger partial charge in [0.15, 0.2) is 0 Å². The quantitative estimate of drug-likeness (QED) is 0.510.